The lowest BCUT2D eigenvalue weighted by molar-refractivity contribution is 0.117. The van der Waals surface area contributed by atoms with Crippen molar-refractivity contribution < 1.29 is 14.2 Å². The Morgan fingerprint density at radius 1 is 1.29 bits per heavy atom. The van der Waals surface area contributed by atoms with Crippen LogP contribution in [0.3, 0.4) is 0 Å². The monoisotopic (exact) mass is 373 g/mol. The average molecular weight is 375 g/mol. The van der Waals surface area contributed by atoms with E-state index in [1.54, 1.807) is 36.4 Å². The minimum atomic E-state index is -0.771. The normalized spacial score (nSPS) is 12.0. The number of nitrogens with one attached hydrogen (secondary N) is 1. The van der Waals surface area contributed by atoms with Crippen molar-refractivity contribution in [3.05, 3.63) is 57.8 Å². The van der Waals surface area contributed by atoms with Crippen LogP contribution in [-0.4, -0.2) is 24.4 Å². The molecular formula is C15H14BrClFNO2. The number of anilines is 1. The van der Waals surface area contributed by atoms with Crippen LogP contribution in [0.4, 0.5) is 10.1 Å². The van der Waals surface area contributed by atoms with E-state index in [0.29, 0.717) is 20.9 Å². The summed E-state index contributed by atoms with van der Waals surface area (Å²) in [4.78, 5) is 0. The van der Waals surface area contributed by atoms with Crippen molar-refractivity contribution in [2.75, 3.05) is 18.5 Å². The number of benzene rings is 2. The Kier molecular flexibility index (Phi) is 5.85. The summed E-state index contributed by atoms with van der Waals surface area (Å²) in [7, 11) is 0. The van der Waals surface area contributed by atoms with Gasteiger partial charge in [-0.25, -0.2) is 4.39 Å². The Bertz CT molecular complexity index is 612. The molecule has 0 bridgehead atoms. The minimum absolute atomic E-state index is 0.0888. The van der Waals surface area contributed by atoms with Crippen LogP contribution in [0.25, 0.3) is 0 Å². The molecule has 0 saturated carbocycles. The molecule has 21 heavy (non-hydrogen) atoms. The maximum absolute atomic E-state index is 13.6. The van der Waals surface area contributed by atoms with E-state index in [1.807, 2.05) is 0 Å². The first-order valence-electron chi connectivity index (χ1n) is 6.30. The fraction of sp³-hybridized carbons (Fsp3) is 0.200. The Hall–Kier alpha value is -1.30. The zero-order valence-electron chi connectivity index (χ0n) is 11.0. The number of aliphatic hydroxyl groups excluding tert-OH is 1. The van der Waals surface area contributed by atoms with Gasteiger partial charge in [0, 0.05) is 16.0 Å². The molecule has 0 spiro atoms. The summed E-state index contributed by atoms with van der Waals surface area (Å²) >= 11 is 9.02. The topological polar surface area (TPSA) is 41.5 Å². The summed E-state index contributed by atoms with van der Waals surface area (Å²) in [5.74, 6) is 0.198. The van der Waals surface area contributed by atoms with Crippen molar-refractivity contribution in [2.24, 2.45) is 0 Å². The summed E-state index contributed by atoms with van der Waals surface area (Å²) in [5.41, 5.74) is 0.333. The molecule has 0 aliphatic rings. The van der Waals surface area contributed by atoms with Gasteiger partial charge in [0.15, 0.2) is 0 Å². The first-order valence-corrected chi connectivity index (χ1v) is 7.47. The SMILES string of the molecule is OC(CNc1ccc(Br)cc1F)COc1cccc(Cl)c1. The Labute approximate surface area is 135 Å². The van der Waals surface area contributed by atoms with E-state index in [9.17, 15) is 9.50 Å². The number of hydrogen-bond acceptors (Lipinski definition) is 3. The standard InChI is InChI=1S/C15H14BrClFNO2/c16-10-4-5-15(14(18)6-10)19-8-12(20)9-21-13-3-1-2-11(17)7-13/h1-7,12,19-20H,8-9H2. The maximum atomic E-state index is 13.6. The van der Waals surface area contributed by atoms with Crippen LogP contribution in [0.15, 0.2) is 46.9 Å². The Morgan fingerprint density at radius 2 is 2.10 bits per heavy atom. The number of hydrogen-bond donors (Lipinski definition) is 2. The first kappa shape index (κ1) is 16.1. The molecule has 1 atom stereocenters. The molecule has 6 heteroatoms. The van der Waals surface area contributed by atoms with Gasteiger partial charge in [-0.3, -0.25) is 0 Å². The largest absolute Gasteiger partial charge is 0.491 e. The summed E-state index contributed by atoms with van der Waals surface area (Å²) in [6.07, 6.45) is -0.771. The number of rotatable bonds is 6. The lowest BCUT2D eigenvalue weighted by Crippen LogP contribution is -2.26. The molecule has 2 N–H and O–H groups in total. The lowest BCUT2D eigenvalue weighted by Gasteiger charge is -2.14. The van der Waals surface area contributed by atoms with Gasteiger partial charge < -0.3 is 15.2 Å². The van der Waals surface area contributed by atoms with E-state index >= 15 is 0 Å². The van der Waals surface area contributed by atoms with Crippen molar-refractivity contribution in [2.45, 2.75) is 6.10 Å². The highest BCUT2D eigenvalue weighted by atomic mass is 79.9. The smallest absolute Gasteiger partial charge is 0.147 e. The number of aliphatic hydroxyl groups is 1. The molecule has 0 saturated heterocycles. The molecule has 0 radical (unpaired) electrons. The van der Waals surface area contributed by atoms with Gasteiger partial charge in [0.05, 0.1) is 5.69 Å². The van der Waals surface area contributed by atoms with Crippen LogP contribution in [0, 0.1) is 5.82 Å². The summed E-state index contributed by atoms with van der Waals surface area (Å²) in [6.45, 7) is 0.268. The molecule has 1 unspecified atom stereocenters. The quantitative estimate of drug-likeness (QED) is 0.800. The van der Waals surface area contributed by atoms with Gasteiger partial charge in [0.2, 0.25) is 0 Å². The number of halogens is 3. The average Bonchev–Trinajstić information content (AvgIpc) is 2.44. The van der Waals surface area contributed by atoms with E-state index in [1.165, 1.54) is 6.07 Å². The summed E-state index contributed by atoms with van der Waals surface area (Å²) in [5, 5.41) is 13.2. The third-order valence-corrected chi connectivity index (χ3v) is 3.43. The van der Waals surface area contributed by atoms with Crippen molar-refractivity contribution in [1.29, 1.82) is 0 Å². The fourth-order valence-electron chi connectivity index (χ4n) is 1.67. The second-order valence-corrected chi connectivity index (χ2v) is 5.78. The molecule has 2 rings (SSSR count). The van der Waals surface area contributed by atoms with E-state index in [4.69, 9.17) is 16.3 Å². The van der Waals surface area contributed by atoms with Crippen molar-refractivity contribution >= 4 is 33.2 Å². The van der Waals surface area contributed by atoms with E-state index in [-0.39, 0.29) is 19.0 Å². The maximum Gasteiger partial charge on any atom is 0.147 e. The molecule has 3 nitrogen and oxygen atoms in total. The fourth-order valence-corrected chi connectivity index (χ4v) is 2.18. The van der Waals surface area contributed by atoms with Crippen LogP contribution in [-0.2, 0) is 0 Å². The second-order valence-electron chi connectivity index (χ2n) is 4.43. The Morgan fingerprint density at radius 3 is 2.81 bits per heavy atom. The van der Waals surface area contributed by atoms with E-state index in [0.717, 1.165) is 0 Å². The van der Waals surface area contributed by atoms with Gasteiger partial charge in [0.1, 0.15) is 24.3 Å². The van der Waals surface area contributed by atoms with E-state index < -0.39 is 6.10 Å². The first-order chi connectivity index (χ1) is 10.0. The van der Waals surface area contributed by atoms with Crippen LogP contribution in [0.2, 0.25) is 5.02 Å². The Balaban J connectivity index is 1.80. The van der Waals surface area contributed by atoms with Crippen molar-refractivity contribution in [3.63, 3.8) is 0 Å². The molecule has 2 aromatic carbocycles. The van der Waals surface area contributed by atoms with Crippen molar-refractivity contribution in [3.8, 4) is 5.75 Å². The van der Waals surface area contributed by atoms with Gasteiger partial charge in [0.25, 0.3) is 0 Å². The highest BCUT2D eigenvalue weighted by Crippen LogP contribution is 2.19. The number of ether oxygens (including phenoxy) is 1. The second kappa shape index (κ2) is 7.64. The van der Waals surface area contributed by atoms with E-state index in [2.05, 4.69) is 21.2 Å². The van der Waals surface area contributed by atoms with Gasteiger partial charge in [-0.15, -0.1) is 0 Å². The van der Waals surface area contributed by atoms with Gasteiger partial charge in [-0.1, -0.05) is 33.6 Å². The van der Waals surface area contributed by atoms with Gasteiger partial charge >= 0.3 is 0 Å². The third-order valence-electron chi connectivity index (χ3n) is 2.70. The van der Waals surface area contributed by atoms with Crippen molar-refractivity contribution in [1.82, 2.24) is 0 Å². The molecule has 0 aliphatic carbocycles. The van der Waals surface area contributed by atoms with Crippen LogP contribution in [0.1, 0.15) is 0 Å². The van der Waals surface area contributed by atoms with Gasteiger partial charge in [-0.2, -0.15) is 0 Å². The predicted molar refractivity (Wildman–Crippen MR) is 85.5 cm³/mol. The highest BCUT2D eigenvalue weighted by Gasteiger charge is 2.08. The molecule has 0 amide bonds. The zero-order chi connectivity index (χ0) is 15.2. The molecule has 0 heterocycles. The van der Waals surface area contributed by atoms with Gasteiger partial charge in [-0.05, 0) is 36.4 Å². The molecular weight excluding hydrogens is 361 g/mol. The lowest BCUT2D eigenvalue weighted by atomic mass is 10.3. The molecule has 0 fully saturated rings. The molecule has 112 valence electrons. The predicted octanol–water partition coefficient (Wildman–Crippen LogP) is 4.09. The third kappa shape index (κ3) is 5.19. The molecule has 0 aromatic heterocycles. The highest BCUT2D eigenvalue weighted by molar-refractivity contribution is 9.10. The zero-order valence-corrected chi connectivity index (χ0v) is 13.4. The minimum Gasteiger partial charge on any atom is -0.491 e. The van der Waals surface area contributed by atoms with Crippen LogP contribution < -0.4 is 10.1 Å². The molecule has 0 aliphatic heterocycles. The van der Waals surface area contributed by atoms with Crippen LogP contribution >= 0.6 is 27.5 Å². The van der Waals surface area contributed by atoms with Crippen LogP contribution in [0.5, 0.6) is 5.75 Å². The molecule has 2 aromatic rings. The summed E-state index contributed by atoms with van der Waals surface area (Å²) in [6, 6.07) is 11.6. The summed E-state index contributed by atoms with van der Waals surface area (Å²) < 4.78 is 19.6.